The van der Waals surface area contributed by atoms with E-state index in [4.69, 9.17) is 14.2 Å². The molecule has 154 valence electrons. The molecule has 0 bridgehead atoms. The molecule has 0 radical (unpaired) electrons. The summed E-state index contributed by atoms with van der Waals surface area (Å²) >= 11 is 0. The Hall–Kier alpha value is -1.96. The minimum Gasteiger partial charge on any atom is -0.466 e. The molecule has 1 aliphatic rings. The predicted molar refractivity (Wildman–Crippen MR) is 108 cm³/mol. The lowest BCUT2D eigenvalue weighted by molar-refractivity contribution is -0.288. The van der Waals surface area contributed by atoms with Gasteiger partial charge in [0.2, 0.25) is 5.79 Å². The summed E-state index contributed by atoms with van der Waals surface area (Å²) in [6.07, 6.45) is -1.88. The molecule has 6 nitrogen and oxygen atoms in total. The topological polar surface area (TPSA) is 82.1 Å². The van der Waals surface area contributed by atoms with Crippen molar-refractivity contribution in [1.29, 1.82) is 0 Å². The Morgan fingerprint density at radius 2 is 1.86 bits per heavy atom. The Labute approximate surface area is 167 Å². The van der Waals surface area contributed by atoms with E-state index in [1.165, 1.54) is 7.11 Å². The van der Waals surface area contributed by atoms with Crippen LogP contribution in [0.4, 0.5) is 0 Å². The molecular weight excluding hydrogens is 376 g/mol. The summed E-state index contributed by atoms with van der Waals surface area (Å²) in [5.41, 5.74) is 3.48. The van der Waals surface area contributed by atoms with E-state index in [0.717, 1.165) is 5.57 Å². The number of methoxy groups -OCH3 is 1. The fourth-order valence-electron chi connectivity index (χ4n) is 3.29. The van der Waals surface area contributed by atoms with E-state index in [9.17, 15) is 14.7 Å². The quantitative estimate of drug-likeness (QED) is 0.597. The van der Waals surface area contributed by atoms with Crippen molar-refractivity contribution < 1.29 is 28.9 Å². The molecule has 7 heteroatoms. The van der Waals surface area contributed by atoms with Crippen molar-refractivity contribution in [2.45, 2.75) is 57.9 Å². The van der Waals surface area contributed by atoms with Gasteiger partial charge in [-0.1, -0.05) is 56.0 Å². The average Bonchev–Trinajstić information content (AvgIpc) is 2.62. The highest BCUT2D eigenvalue weighted by atomic mass is 28.3. The summed E-state index contributed by atoms with van der Waals surface area (Å²) in [6.45, 7) is 10.4. The third-order valence-corrected chi connectivity index (χ3v) is 6.05. The number of benzene rings is 1. The van der Waals surface area contributed by atoms with E-state index in [1.54, 1.807) is 30.3 Å². The molecule has 1 aromatic rings. The van der Waals surface area contributed by atoms with Crippen molar-refractivity contribution >= 4 is 20.0 Å². The zero-order valence-electron chi connectivity index (χ0n) is 17.4. The largest absolute Gasteiger partial charge is 0.466 e. The van der Waals surface area contributed by atoms with Crippen LogP contribution in [0, 0.1) is 5.92 Å². The van der Waals surface area contributed by atoms with Crippen molar-refractivity contribution in [2.24, 2.45) is 5.92 Å². The standard InChI is InChI=1S/C21H30O6Si/c1-14-15(2)27-21(24,12-17(14)13-28(4,5)6)18(20(23)25-3)26-19(22)16-10-8-7-9-11-16/h7-11,13-15,18,24H,12H2,1-6H3/b17-13-/t14-,15+,18+,21+/m1/s1. The van der Waals surface area contributed by atoms with Crippen LogP contribution in [0.1, 0.15) is 30.6 Å². The molecule has 28 heavy (non-hydrogen) atoms. The van der Waals surface area contributed by atoms with Crippen LogP contribution in [0.15, 0.2) is 41.6 Å². The van der Waals surface area contributed by atoms with Gasteiger partial charge in [-0.05, 0) is 19.1 Å². The molecule has 1 fully saturated rings. The molecule has 0 saturated carbocycles. The lowest BCUT2D eigenvalue weighted by Gasteiger charge is -2.43. The second-order valence-corrected chi connectivity index (χ2v) is 13.4. The van der Waals surface area contributed by atoms with Crippen LogP contribution < -0.4 is 0 Å². The Morgan fingerprint density at radius 1 is 1.25 bits per heavy atom. The van der Waals surface area contributed by atoms with Crippen molar-refractivity contribution in [2.75, 3.05) is 7.11 Å². The number of hydrogen-bond donors (Lipinski definition) is 1. The normalized spacial score (nSPS) is 27.9. The fraction of sp³-hybridized carbons (Fsp3) is 0.524. The third-order valence-electron chi connectivity index (χ3n) is 4.81. The van der Waals surface area contributed by atoms with Crippen LogP contribution in [0.3, 0.4) is 0 Å². The summed E-state index contributed by atoms with van der Waals surface area (Å²) < 4.78 is 16.0. The molecule has 1 aliphatic heterocycles. The summed E-state index contributed by atoms with van der Waals surface area (Å²) in [7, 11) is -0.403. The highest BCUT2D eigenvalue weighted by Crippen LogP contribution is 2.39. The van der Waals surface area contributed by atoms with E-state index < -0.39 is 31.9 Å². The lowest BCUT2D eigenvalue weighted by atomic mass is 9.86. The van der Waals surface area contributed by atoms with Gasteiger partial charge in [0.25, 0.3) is 6.10 Å². The summed E-state index contributed by atoms with van der Waals surface area (Å²) in [5, 5.41) is 11.3. The number of carbonyl (C=O) groups excluding carboxylic acids is 2. The first-order valence-electron chi connectivity index (χ1n) is 9.42. The second-order valence-electron chi connectivity index (χ2n) is 8.39. The van der Waals surface area contributed by atoms with Gasteiger partial charge in [-0.3, -0.25) is 0 Å². The number of rotatable bonds is 5. The third kappa shape index (κ3) is 5.30. The first-order chi connectivity index (χ1) is 13.0. The van der Waals surface area contributed by atoms with Gasteiger partial charge in [-0.25, -0.2) is 9.59 Å². The maximum Gasteiger partial charge on any atom is 0.352 e. The van der Waals surface area contributed by atoms with E-state index >= 15 is 0 Å². The Kier molecular flexibility index (Phi) is 6.85. The first kappa shape index (κ1) is 22.3. The zero-order chi connectivity index (χ0) is 21.1. The van der Waals surface area contributed by atoms with Gasteiger partial charge in [0.1, 0.15) is 0 Å². The number of aliphatic hydroxyl groups is 1. The molecule has 1 aromatic carbocycles. The van der Waals surface area contributed by atoms with Gasteiger partial charge in [-0.2, -0.15) is 0 Å². The highest BCUT2D eigenvalue weighted by Gasteiger charge is 2.52. The van der Waals surface area contributed by atoms with E-state index in [2.05, 4.69) is 25.3 Å². The lowest BCUT2D eigenvalue weighted by Crippen LogP contribution is -2.57. The molecule has 0 aromatic heterocycles. The second kappa shape index (κ2) is 8.59. The SMILES string of the molecule is COC(=O)[C@H](OC(=O)c1ccccc1)[C@]1(O)C/C(=C/[Si](C)(C)C)[C@H](C)[C@H](C)O1. The number of hydrogen-bond acceptors (Lipinski definition) is 6. The number of carbonyl (C=O) groups is 2. The molecule has 0 aliphatic carbocycles. The van der Waals surface area contributed by atoms with Crippen LogP contribution in [0.2, 0.25) is 19.6 Å². The molecule has 1 N–H and O–H groups in total. The molecule has 0 unspecified atom stereocenters. The Morgan fingerprint density at radius 3 is 2.39 bits per heavy atom. The molecule has 2 rings (SSSR count). The zero-order valence-corrected chi connectivity index (χ0v) is 18.4. The summed E-state index contributed by atoms with van der Waals surface area (Å²) in [4.78, 5) is 24.9. The predicted octanol–water partition coefficient (Wildman–Crippen LogP) is 3.32. The van der Waals surface area contributed by atoms with Gasteiger partial charge in [0.15, 0.2) is 0 Å². The van der Waals surface area contributed by atoms with Crippen molar-refractivity contribution in [1.82, 2.24) is 0 Å². The van der Waals surface area contributed by atoms with Crippen molar-refractivity contribution in [3.05, 3.63) is 47.2 Å². The monoisotopic (exact) mass is 406 g/mol. The fourth-order valence-corrected chi connectivity index (χ4v) is 4.77. The van der Waals surface area contributed by atoms with E-state index in [1.807, 2.05) is 13.8 Å². The highest BCUT2D eigenvalue weighted by molar-refractivity contribution is 6.81. The maximum atomic E-state index is 12.5. The summed E-state index contributed by atoms with van der Waals surface area (Å²) in [5.74, 6) is -3.50. The minimum absolute atomic E-state index is 0.0740. The Balaban J connectivity index is 2.37. The average molecular weight is 407 g/mol. The van der Waals surface area contributed by atoms with Crippen LogP contribution in [0.25, 0.3) is 0 Å². The van der Waals surface area contributed by atoms with E-state index in [-0.39, 0.29) is 24.0 Å². The van der Waals surface area contributed by atoms with Crippen LogP contribution in [-0.4, -0.2) is 50.2 Å². The van der Waals surface area contributed by atoms with Crippen LogP contribution in [-0.2, 0) is 19.0 Å². The van der Waals surface area contributed by atoms with Crippen molar-refractivity contribution in [3.8, 4) is 0 Å². The maximum absolute atomic E-state index is 12.5. The number of esters is 2. The molecule has 0 amide bonds. The smallest absolute Gasteiger partial charge is 0.352 e. The minimum atomic E-state index is -1.99. The summed E-state index contributed by atoms with van der Waals surface area (Å²) in [6, 6.07) is 8.29. The molecule has 1 heterocycles. The van der Waals surface area contributed by atoms with E-state index in [0.29, 0.717) is 0 Å². The number of ether oxygens (including phenoxy) is 3. The molecular formula is C21H30O6Si. The van der Waals surface area contributed by atoms with Gasteiger partial charge in [-0.15, -0.1) is 0 Å². The van der Waals surface area contributed by atoms with Crippen molar-refractivity contribution in [3.63, 3.8) is 0 Å². The van der Waals surface area contributed by atoms with Gasteiger partial charge < -0.3 is 19.3 Å². The first-order valence-corrected chi connectivity index (χ1v) is 13.0. The van der Waals surface area contributed by atoms with Gasteiger partial charge in [0.05, 0.1) is 26.9 Å². The molecule has 4 atom stereocenters. The molecule has 1 saturated heterocycles. The van der Waals surface area contributed by atoms with Gasteiger partial charge >= 0.3 is 11.9 Å². The van der Waals surface area contributed by atoms with Crippen LogP contribution >= 0.6 is 0 Å². The Bertz CT molecular complexity index is 739. The van der Waals surface area contributed by atoms with Gasteiger partial charge in [0, 0.05) is 12.3 Å². The molecule has 0 spiro atoms. The van der Waals surface area contributed by atoms with Crippen LogP contribution in [0.5, 0.6) is 0 Å².